The minimum absolute atomic E-state index is 0.0346. The number of carbonyl (C=O) groups excluding carboxylic acids is 1. The van der Waals surface area contributed by atoms with Crippen molar-refractivity contribution in [1.29, 1.82) is 0 Å². The van der Waals surface area contributed by atoms with E-state index in [4.69, 9.17) is 16.3 Å². The number of ether oxygens (including phenoxy) is 1. The van der Waals surface area contributed by atoms with Gasteiger partial charge >= 0.3 is 0 Å². The SMILES string of the molecule is CCC(C)C(=O)N1CCN(CC(OCc2c(F)cccc2F)c2ccc(Cl)cc2)CC1. The van der Waals surface area contributed by atoms with Crippen molar-refractivity contribution >= 4 is 17.5 Å². The Morgan fingerprint density at radius 3 is 2.26 bits per heavy atom. The average molecular weight is 451 g/mol. The first-order chi connectivity index (χ1) is 14.9. The van der Waals surface area contributed by atoms with E-state index in [2.05, 4.69) is 4.90 Å². The van der Waals surface area contributed by atoms with Crippen LogP contribution >= 0.6 is 11.6 Å². The van der Waals surface area contributed by atoms with Gasteiger partial charge in [-0.05, 0) is 36.2 Å². The summed E-state index contributed by atoms with van der Waals surface area (Å²) in [5.74, 6) is -1.01. The fourth-order valence-electron chi connectivity index (χ4n) is 3.66. The lowest BCUT2D eigenvalue weighted by Gasteiger charge is -2.37. The third kappa shape index (κ3) is 6.25. The molecule has 2 unspecified atom stereocenters. The van der Waals surface area contributed by atoms with Gasteiger partial charge in [-0.15, -0.1) is 0 Å². The first kappa shape index (κ1) is 23.6. The van der Waals surface area contributed by atoms with Gasteiger partial charge in [0, 0.05) is 49.2 Å². The fourth-order valence-corrected chi connectivity index (χ4v) is 3.78. The van der Waals surface area contributed by atoms with E-state index < -0.39 is 11.6 Å². The van der Waals surface area contributed by atoms with Crippen LogP contribution in [0.1, 0.15) is 37.5 Å². The van der Waals surface area contributed by atoms with Crippen LogP contribution in [0.15, 0.2) is 42.5 Å². The molecule has 1 fully saturated rings. The zero-order valence-electron chi connectivity index (χ0n) is 18.0. The maximum Gasteiger partial charge on any atom is 0.225 e. The Kier molecular flexibility index (Phi) is 8.41. The van der Waals surface area contributed by atoms with Crippen LogP contribution in [0.3, 0.4) is 0 Å². The van der Waals surface area contributed by atoms with Crippen LogP contribution in [0.4, 0.5) is 8.78 Å². The van der Waals surface area contributed by atoms with E-state index >= 15 is 0 Å². The largest absolute Gasteiger partial charge is 0.367 e. The number of hydrogen-bond acceptors (Lipinski definition) is 3. The van der Waals surface area contributed by atoms with Gasteiger partial charge in [0.15, 0.2) is 0 Å². The number of nitrogens with zero attached hydrogens (tertiary/aromatic N) is 2. The molecule has 0 N–H and O–H groups in total. The second-order valence-corrected chi connectivity index (χ2v) is 8.42. The van der Waals surface area contributed by atoms with Gasteiger partial charge in [-0.3, -0.25) is 9.69 Å². The molecule has 1 heterocycles. The number of piperazine rings is 1. The molecule has 31 heavy (non-hydrogen) atoms. The molecule has 2 atom stereocenters. The van der Waals surface area contributed by atoms with Crippen molar-refractivity contribution in [1.82, 2.24) is 9.80 Å². The summed E-state index contributed by atoms with van der Waals surface area (Å²) >= 11 is 6.02. The van der Waals surface area contributed by atoms with E-state index in [1.165, 1.54) is 18.2 Å². The van der Waals surface area contributed by atoms with Crippen LogP contribution in [-0.4, -0.2) is 48.4 Å². The number of amides is 1. The van der Waals surface area contributed by atoms with Crippen molar-refractivity contribution in [3.8, 4) is 0 Å². The normalized spacial score (nSPS) is 16.9. The Balaban J connectivity index is 1.66. The highest BCUT2D eigenvalue weighted by Crippen LogP contribution is 2.25. The molecule has 3 rings (SSSR count). The molecule has 2 aromatic rings. The number of rotatable bonds is 8. The second kappa shape index (κ2) is 11.0. The zero-order chi connectivity index (χ0) is 22.4. The Bertz CT molecular complexity index is 850. The van der Waals surface area contributed by atoms with Crippen molar-refractivity contribution in [3.63, 3.8) is 0 Å². The summed E-state index contributed by atoms with van der Waals surface area (Å²) in [4.78, 5) is 16.6. The molecule has 7 heteroatoms. The van der Waals surface area contributed by atoms with Crippen molar-refractivity contribution in [2.24, 2.45) is 5.92 Å². The van der Waals surface area contributed by atoms with Crippen LogP contribution < -0.4 is 0 Å². The van der Waals surface area contributed by atoms with Gasteiger partial charge in [0.05, 0.1) is 12.7 Å². The van der Waals surface area contributed by atoms with Gasteiger partial charge in [0.1, 0.15) is 11.6 Å². The lowest BCUT2D eigenvalue weighted by molar-refractivity contribution is -0.137. The first-order valence-electron chi connectivity index (χ1n) is 10.7. The lowest BCUT2D eigenvalue weighted by atomic mass is 10.1. The Hall–Kier alpha value is -2.02. The van der Waals surface area contributed by atoms with Crippen molar-refractivity contribution in [3.05, 3.63) is 70.2 Å². The highest BCUT2D eigenvalue weighted by Gasteiger charge is 2.26. The van der Waals surface area contributed by atoms with Crippen molar-refractivity contribution in [2.45, 2.75) is 33.0 Å². The van der Waals surface area contributed by atoms with E-state index in [0.29, 0.717) is 24.7 Å². The monoisotopic (exact) mass is 450 g/mol. The van der Waals surface area contributed by atoms with Gasteiger partial charge in [-0.25, -0.2) is 8.78 Å². The third-order valence-corrected chi connectivity index (χ3v) is 6.13. The number of halogens is 3. The third-order valence-electron chi connectivity index (χ3n) is 5.87. The van der Waals surface area contributed by atoms with E-state index in [9.17, 15) is 13.6 Å². The molecule has 1 aliphatic rings. The maximum atomic E-state index is 14.0. The fraction of sp³-hybridized carbons (Fsp3) is 0.458. The van der Waals surface area contributed by atoms with Crippen LogP contribution in [0.5, 0.6) is 0 Å². The molecule has 1 saturated heterocycles. The Morgan fingerprint density at radius 2 is 1.68 bits per heavy atom. The van der Waals surface area contributed by atoms with Crippen molar-refractivity contribution < 1.29 is 18.3 Å². The van der Waals surface area contributed by atoms with Gasteiger partial charge in [0.25, 0.3) is 0 Å². The second-order valence-electron chi connectivity index (χ2n) is 7.99. The molecule has 0 radical (unpaired) electrons. The summed E-state index contributed by atoms with van der Waals surface area (Å²) in [5.41, 5.74) is 0.810. The Morgan fingerprint density at radius 1 is 1.06 bits per heavy atom. The summed E-state index contributed by atoms with van der Waals surface area (Å²) in [6.45, 7) is 7.15. The number of hydrogen-bond donors (Lipinski definition) is 0. The van der Waals surface area contributed by atoms with Gasteiger partial charge in [0.2, 0.25) is 5.91 Å². The van der Waals surface area contributed by atoms with E-state index in [-0.39, 0.29) is 30.1 Å². The lowest BCUT2D eigenvalue weighted by Crippen LogP contribution is -2.50. The smallest absolute Gasteiger partial charge is 0.225 e. The summed E-state index contributed by atoms with van der Waals surface area (Å²) in [6, 6.07) is 11.1. The molecule has 1 amide bonds. The van der Waals surface area contributed by atoms with Crippen LogP contribution in [0.25, 0.3) is 0 Å². The molecule has 0 bridgehead atoms. The molecule has 1 aliphatic heterocycles. The standard InChI is InChI=1S/C24H29ClF2N2O2/c1-3-17(2)24(30)29-13-11-28(12-14-29)15-23(18-7-9-19(25)10-8-18)31-16-20-21(26)5-4-6-22(20)27/h4-10,17,23H,3,11-16H2,1-2H3. The topological polar surface area (TPSA) is 32.8 Å². The molecule has 0 spiro atoms. The minimum atomic E-state index is -0.618. The van der Waals surface area contributed by atoms with Crippen molar-refractivity contribution in [2.75, 3.05) is 32.7 Å². The predicted octanol–water partition coefficient (Wildman–Crippen LogP) is 5.07. The van der Waals surface area contributed by atoms with Gasteiger partial charge in [-0.1, -0.05) is 43.6 Å². The van der Waals surface area contributed by atoms with Crippen LogP contribution in [-0.2, 0) is 16.1 Å². The molecular formula is C24H29ClF2N2O2. The number of carbonyl (C=O) groups is 1. The molecular weight excluding hydrogens is 422 g/mol. The predicted molar refractivity (Wildman–Crippen MR) is 118 cm³/mol. The molecule has 168 valence electrons. The molecule has 0 aromatic heterocycles. The summed E-state index contributed by atoms with van der Waals surface area (Å²) in [6.07, 6.45) is 0.450. The molecule has 4 nitrogen and oxygen atoms in total. The maximum absolute atomic E-state index is 14.0. The van der Waals surface area contributed by atoms with E-state index in [1.807, 2.05) is 30.9 Å². The van der Waals surface area contributed by atoms with Gasteiger partial charge in [-0.2, -0.15) is 0 Å². The van der Waals surface area contributed by atoms with Crippen LogP contribution in [0.2, 0.25) is 5.02 Å². The minimum Gasteiger partial charge on any atom is -0.367 e. The molecule has 0 saturated carbocycles. The highest BCUT2D eigenvalue weighted by atomic mass is 35.5. The summed E-state index contributed by atoms with van der Waals surface area (Å²) in [7, 11) is 0. The van der Waals surface area contributed by atoms with Gasteiger partial charge < -0.3 is 9.64 Å². The molecule has 0 aliphatic carbocycles. The number of benzene rings is 2. The summed E-state index contributed by atoms with van der Waals surface area (Å²) < 4.78 is 34.1. The van der Waals surface area contributed by atoms with E-state index in [0.717, 1.165) is 25.1 Å². The molecule has 2 aromatic carbocycles. The Labute approximate surface area is 187 Å². The first-order valence-corrected chi connectivity index (χ1v) is 11.1. The summed E-state index contributed by atoms with van der Waals surface area (Å²) in [5, 5.41) is 0.611. The van der Waals surface area contributed by atoms with E-state index in [1.54, 1.807) is 12.1 Å². The average Bonchev–Trinajstić information content (AvgIpc) is 2.78. The highest BCUT2D eigenvalue weighted by molar-refractivity contribution is 6.30. The quantitative estimate of drug-likeness (QED) is 0.563. The zero-order valence-corrected chi connectivity index (χ0v) is 18.7. The van der Waals surface area contributed by atoms with Crippen LogP contribution in [0, 0.1) is 17.6 Å².